The van der Waals surface area contributed by atoms with E-state index >= 15 is 0 Å². The summed E-state index contributed by atoms with van der Waals surface area (Å²) in [6.45, 7) is 0. The molecule has 0 bridgehead atoms. The highest BCUT2D eigenvalue weighted by Gasteiger charge is 2.16. The van der Waals surface area contributed by atoms with Gasteiger partial charge in [0.15, 0.2) is 5.78 Å². The van der Waals surface area contributed by atoms with Gasteiger partial charge < -0.3 is 4.74 Å². The van der Waals surface area contributed by atoms with Gasteiger partial charge in [-0.05, 0) is 18.2 Å². The second-order valence-electron chi connectivity index (χ2n) is 4.01. The van der Waals surface area contributed by atoms with Crippen molar-refractivity contribution in [1.82, 2.24) is 0 Å². The lowest BCUT2D eigenvalue weighted by Gasteiger charge is -2.09. The van der Waals surface area contributed by atoms with Crippen molar-refractivity contribution in [3.8, 4) is 5.75 Å². The lowest BCUT2D eigenvalue weighted by molar-refractivity contribution is 0.0992. The summed E-state index contributed by atoms with van der Waals surface area (Å²) >= 11 is 12.1. The van der Waals surface area contributed by atoms with E-state index in [2.05, 4.69) is 0 Å². The Morgan fingerprint density at radius 1 is 1.05 bits per heavy atom. The first kappa shape index (κ1) is 13.9. The molecule has 2 aromatic carbocycles. The largest absolute Gasteiger partial charge is 0.496 e. The van der Waals surface area contributed by atoms with Gasteiger partial charge in [-0.25, -0.2) is 0 Å². The number of carbonyl (C=O) groups excluding carboxylic acids is 1. The molecule has 2 aromatic rings. The minimum absolute atomic E-state index is 0.125. The Bertz CT molecular complexity index is 589. The molecule has 4 heteroatoms. The fourth-order valence-corrected chi connectivity index (χ4v) is 2.48. The van der Waals surface area contributed by atoms with Gasteiger partial charge in [0.25, 0.3) is 0 Å². The number of benzene rings is 2. The van der Waals surface area contributed by atoms with Crippen molar-refractivity contribution in [3.63, 3.8) is 0 Å². The van der Waals surface area contributed by atoms with Gasteiger partial charge in [0.2, 0.25) is 0 Å². The number of hydrogen-bond donors (Lipinski definition) is 0. The predicted molar refractivity (Wildman–Crippen MR) is 77.5 cm³/mol. The molecule has 0 aliphatic rings. The Morgan fingerprint density at radius 2 is 1.68 bits per heavy atom. The first-order valence-corrected chi connectivity index (χ1v) is 6.48. The third-order valence-corrected chi connectivity index (χ3v) is 3.42. The summed E-state index contributed by atoms with van der Waals surface area (Å²) in [6.07, 6.45) is 0.202. The highest BCUT2D eigenvalue weighted by Crippen LogP contribution is 2.27. The summed E-state index contributed by atoms with van der Waals surface area (Å²) in [5.74, 6) is 0.555. The lowest BCUT2D eigenvalue weighted by atomic mass is 10.0. The molecule has 0 saturated carbocycles. The molecule has 0 aromatic heterocycles. The molecule has 19 heavy (non-hydrogen) atoms. The van der Waals surface area contributed by atoms with Gasteiger partial charge >= 0.3 is 0 Å². The van der Waals surface area contributed by atoms with Gasteiger partial charge in [0, 0.05) is 12.0 Å². The number of hydrogen-bond acceptors (Lipinski definition) is 2. The van der Waals surface area contributed by atoms with Crippen LogP contribution in [-0.4, -0.2) is 12.9 Å². The maximum Gasteiger partial charge on any atom is 0.170 e. The highest BCUT2D eigenvalue weighted by molar-refractivity contribution is 6.39. The average Bonchev–Trinajstić information content (AvgIpc) is 2.39. The van der Waals surface area contributed by atoms with Crippen LogP contribution in [0.4, 0.5) is 0 Å². The van der Waals surface area contributed by atoms with E-state index in [4.69, 9.17) is 27.9 Å². The summed E-state index contributed by atoms with van der Waals surface area (Å²) in [4.78, 5) is 12.3. The molecule has 0 unspecified atom stereocenters. The summed E-state index contributed by atoms with van der Waals surface area (Å²) < 4.78 is 5.22. The van der Waals surface area contributed by atoms with Crippen LogP contribution < -0.4 is 4.74 Å². The molecule has 0 spiro atoms. The van der Waals surface area contributed by atoms with E-state index in [-0.39, 0.29) is 12.2 Å². The molecule has 98 valence electrons. The van der Waals surface area contributed by atoms with Crippen LogP contribution in [0.15, 0.2) is 42.5 Å². The zero-order chi connectivity index (χ0) is 13.8. The normalized spacial score (nSPS) is 10.3. The van der Waals surface area contributed by atoms with Gasteiger partial charge in [0.1, 0.15) is 5.75 Å². The molecule has 0 saturated heterocycles. The summed E-state index contributed by atoms with van der Waals surface area (Å²) in [7, 11) is 1.58. The molecule has 0 radical (unpaired) electrons. The SMILES string of the molecule is COc1ccccc1CC(=O)c1c(Cl)cccc1Cl. The van der Waals surface area contributed by atoms with Crippen LogP contribution in [0.25, 0.3) is 0 Å². The molecule has 0 aliphatic heterocycles. The molecule has 0 aliphatic carbocycles. The number of Topliss-reactive ketones (excluding diaryl/α,β-unsaturated/α-hetero) is 1. The molecule has 0 N–H and O–H groups in total. The predicted octanol–water partition coefficient (Wildman–Crippen LogP) is 4.43. The highest BCUT2D eigenvalue weighted by atomic mass is 35.5. The fourth-order valence-electron chi connectivity index (χ4n) is 1.87. The van der Waals surface area contributed by atoms with Crippen LogP contribution in [0.3, 0.4) is 0 Å². The second kappa shape index (κ2) is 6.09. The fraction of sp³-hybridized carbons (Fsp3) is 0.133. The van der Waals surface area contributed by atoms with E-state index in [9.17, 15) is 4.79 Å². The molecule has 2 nitrogen and oxygen atoms in total. The number of para-hydroxylation sites is 1. The van der Waals surface area contributed by atoms with Crippen molar-refractivity contribution in [2.24, 2.45) is 0 Å². The van der Waals surface area contributed by atoms with E-state index in [1.54, 1.807) is 25.3 Å². The number of carbonyl (C=O) groups is 1. The lowest BCUT2D eigenvalue weighted by Crippen LogP contribution is -2.06. The molecule has 2 rings (SSSR count). The van der Waals surface area contributed by atoms with Crippen molar-refractivity contribution in [2.75, 3.05) is 7.11 Å². The second-order valence-corrected chi connectivity index (χ2v) is 4.82. The quantitative estimate of drug-likeness (QED) is 0.780. The van der Waals surface area contributed by atoms with Crippen LogP contribution in [0.1, 0.15) is 15.9 Å². The third-order valence-electron chi connectivity index (χ3n) is 2.79. The number of halogens is 2. The Hall–Kier alpha value is -1.51. The zero-order valence-electron chi connectivity index (χ0n) is 10.3. The standard InChI is InChI=1S/C15H12Cl2O2/c1-19-14-8-3-2-5-10(14)9-13(18)15-11(16)6-4-7-12(15)17/h2-8H,9H2,1H3. The average molecular weight is 295 g/mol. The zero-order valence-corrected chi connectivity index (χ0v) is 11.8. The van der Waals surface area contributed by atoms with Crippen LogP contribution in [0.2, 0.25) is 10.0 Å². The van der Waals surface area contributed by atoms with Gasteiger partial charge in [-0.3, -0.25) is 4.79 Å². The number of ether oxygens (including phenoxy) is 1. The smallest absolute Gasteiger partial charge is 0.170 e. The van der Waals surface area contributed by atoms with Gasteiger partial charge in [-0.2, -0.15) is 0 Å². The van der Waals surface area contributed by atoms with E-state index < -0.39 is 0 Å². The minimum atomic E-state index is -0.125. The van der Waals surface area contributed by atoms with Crippen LogP contribution >= 0.6 is 23.2 Å². The Balaban J connectivity index is 2.31. The molecular formula is C15H12Cl2O2. The van der Waals surface area contributed by atoms with Crippen LogP contribution in [0, 0.1) is 0 Å². The number of rotatable bonds is 4. The first-order chi connectivity index (χ1) is 9.13. The maximum absolute atomic E-state index is 12.3. The topological polar surface area (TPSA) is 26.3 Å². The molecule has 0 fully saturated rings. The van der Waals surface area contributed by atoms with Crippen molar-refractivity contribution >= 4 is 29.0 Å². The van der Waals surface area contributed by atoms with Crippen LogP contribution in [0.5, 0.6) is 5.75 Å². The molecule has 0 atom stereocenters. The molecule has 0 heterocycles. The van der Waals surface area contributed by atoms with Gasteiger partial charge in [-0.1, -0.05) is 47.5 Å². The molecule has 0 amide bonds. The Morgan fingerprint density at radius 3 is 2.32 bits per heavy atom. The van der Waals surface area contributed by atoms with E-state index in [1.807, 2.05) is 24.3 Å². The van der Waals surface area contributed by atoms with Crippen molar-refractivity contribution < 1.29 is 9.53 Å². The van der Waals surface area contributed by atoms with Crippen molar-refractivity contribution in [2.45, 2.75) is 6.42 Å². The van der Waals surface area contributed by atoms with Gasteiger partial charge in [-0.15, -0.1) is 0 Å². The Labute approximate surface area is 121 Å². The monoisotopic (exact) mass is 294 g/mol. The minimum Gasteiger partial charge on any atom is -0.496 e. The summed E-state index contributed by atoms with van der Waals surface area (Å²) in [6, 6.07) is 12.4. The van der Waals surface area contributed by atoms with Crippen molar-refractivity contribution in [1.29, 1.82) is 0 Å². The third kappa shape index (κ3) is 3.09. The van der Waals surface area contributed by atoms with E-state index in [1.165, 1.54) is 0 Å². The molecular weight excluding hydrogens is 283 g/mol. The van der Waals surface area contributed by atoms with Crippen LogP contribution in [-0.2, 0) is 6.42 Å². The Kier molecular flexibility index (Phi) is 4.46. The van der Waals surface area contributed by atoms with Gasteiger partial charge in [0.05, 0.1) is 22.7 Å². The number of ketones is 1. The summed E-state index contributed by atoms with van der Waals surface area (Å²) in [5.41, 5.74) is 1.17. The van der Waals surface area contributed by atoms with Crippen molar-refractivity contribution in [3.05, 3.63) is 63.6 Å². The first-order valence-electron chi connectivity index (χ1n) is 5.72. The van der Waals surface area contributed by atoms with E-state index in [0.29, 0.717) is 21.4 Å². The van der Waals surface area contributed by atoms with E-state index in [0.717, 1.165) is 5.56 Å². The summed E-state index contributed by atoms with van der Waals surface area (Å²) in [5, 5.41) is 0.736. The maximum atomic E-state index is 12.3. The number of methoxy groups -OCH3 is 1.